The van der Waals surface area contributed by atoms with Crippen molar-refractivity contribution in [3.8, 4) is 11.5 Å². The van der Waals surface area contributed by atoms with Gasteiger partial charge >= 0.3 is 5.97 Å². The predicted molar refractivity (Wildman–Crippen MR) is 108 cm³/mol. The van der Waals surface area contributed by atoms with E-state index in [2.05, 4.69) is 4.99 Å². The van der Waals surface area contributed by atoms with Gasteiger partial charge in [0.1, 0.15) is 0 Å². The highest BCUT2D eigenvalue weighted by atomic mass is 32.2. The quantitative estimate of drug-likeness (QED) is 0.596. The number of amides is 1. The second kappa shape index (κ2) is 9.14. The van der Waals surface area contributed by atoms with E-state index >= 15 is 0 Å². The molecule has 1 aromatic rings. The first kappa shape index (κ1) is 20.3. The van der Waals surface area contributed by atoms with Crippen LogP contribution in [0.5, 0.6) is 11.5 Å². The SMILES string of the molecule is CCOC(=O)C1CCN(C2=NC(=O)/C(=C/c3ccc(O)c(OCC)c3)S2)CC1. The minimum Gasteiger partial charge on any atom is -0.504 e. The van der Waals surface area contributed by atoms with Crippen molar-refractivity contribution in [1.82, 2.24) is 4.90 Å². The molecular formula is C20H24N2O5S. The molecular weight excluding hydrogens is 380 g/mol. The number of hydrogen-bond donors (Lipinski definition) is 1. The Bertz CT molecular complexity index is 813. The Kier molecular flexibility index (Phi) is 6.61. The van der Waals surface area contributed by atoms with E-state index in [-0.39, 0.29) is 23.5 Å². The number of phenols is 1. The number of hydrogen-bond acceptors (Lipinski definition) is 7. The minimum absolute atomic E-state index is 0.0656. The van der Waals surface area contributed by atoms with Crippen LogP contribution in [0, 0.1) is 5.92 Å². The van der Waals surface area contributed by atoms with E-state index in [1.54, 1.807) is 24.3 Å². The zero-order valence-corrected chi connectivity index (χ0v) is 16.8. The number of thioether (sulfide) groups is 1. The fourth-order valence-electron chi connectivity index (χ4n) is 3.14. The lowest BCUT2D eigenvalue weighted by atomic mass is 9.97. The Balaban J connectivity index is 1.64. The van der Waals surface area contributed by atoms with Crippen LogP contribution in [0.25, 0.3) is 6.08 Å². The molecule has 8 heteroatoms. The average molecular weight is 404 g/mol. The third kappa shape index (κ3) is 4.67. The van der Waals surface area contributed by atoms with Crippen molar-refractivity contribution in [3.63, 3.8) is 0 Å². The van der Waals surface area contributed by atoms with Crippen molar-refractivity contribution in [2.45, 2.75) is 26.7 Å². The van der Waals surface area contributed by atoms with E-state index in [1.807, 2.05) is 18.7 Å². The first-order chi connectivity index (χ1) is 13.5. The molecule has 0 saturated carbocycles. The number of amidine groups is 1. The number of piperidine rings is 1. The molecule has 0 spiro atoms. The van der Waals surface area contributed by atoms with E-state index in [0.29, 0.717) is 55.0 Å². The molecule has 3 rings (SSSR count). The molecule has 28 heavy (non-hydrogen) atoms. The molecule has 1 aromatic carbocycles. The van der Waals surface area contributed by atoms with Crippen molar-refractivity contribution < 1.29 is 24.2 Å². The maximum absolute atomic E-state index is 12.3. The predicted octanol–water partition coefficient (Wildman–Crippen LogP) is 3.04. The largest absolute Gasteiger partial charge is 0.504 e. The Labute approximate surface area is 168 Å². The molecule has 2 aliphatic rings. The third-order valence-corrected chi connectivity index (χ3v) is 5.62. The highest BCUT2D eigenvalue weighted by Crippen LogP contribution is 2.34. The molecule has 7 nitrogen and oxygen atoms in total. The lowest BCUT2D eigenvalue weighted by Crippen LogP contribution is -2.39. The van der Waals surface area contributed by atoms with Crippen LogP contribution in [0.3, 0.4) is 0 Å². The van der Waals surface area contributed by atoms with Gasteiger partial charge in [-0.15, -0.1) is 0 Å². The van der Waals surface area contributed by atoms with Crippen LogP contribution in [-0.2, 0) is 14.3 Å². The number of carbonyl (C=O) groups excluding carboxylic acids is 2. The van der Waals surface area contributed by atoms with Gasteiger partial charge in [0.05, 0.1) is 24.0 Å². The number of aromatic hydroxyl groups is 1. The van der Waals surface area contributed by atoms with Gasteiger partial charge in [-0.25, -0.2) is 0 Å². The van der Waals surface area contributed by atoms with E-state index in [9.17, 15) is 14.7 Å². The summed E-state index contributed by atoms with van der Waals surface area (Å²) >= 11 is 1.33. The van der Waals surface area contributed by atoms with Crippen LogP contribution >= 0.6 is 11.8 Å². The fourth-order valence-corrected chi connectivity index (χ4v) is 4.11. The molecule has 0 unspecified atom stereocenters. The van der Waals surface area contributed by atoms with Gasteiger partial charge < -0.3 is 19.5 Å². The fraction of sp³-hybridized carbons (Fsp3) is 0.450. The summed E-state index contributed by atoms with van der Waals surface area (Å²) < 4.78 is 10.5. The molecule has 0 aromatic heterocycles. The molecule has 150 valence electrons. The summed E-state index contributed by atoms with van der Waals surface area (Å²) in [6, 6.07) is 4.97. The number of likely N-dealkylation sites (tertiary alicyclic amines) is 1. The first-order valence-corrected chi connectivity index (χ1v) is 10.2. The average Bonchev–Trinajstić information content (AvgIpc) is 3.05. The molecule has 1 fully saturated rings. The number of ether oxygens (including phenoxy) is 2. The summed E-state index contributed by atoms with van der Waals surface area (Å²) in [5.74, 6) is -0.0519. The zero-order chi connectivity index (χ0) is 20.1. The molecule has 1 saturated heterocycles. The highest BCUT2D eigenvalue weighted by molar-refractivity contribution is 8.18. The number of aliphatic imine (C=N–C) groups is 1. The van der Waals surface area contributed by atoms with Crippen molar-refractivity contribution >= 4 is 34.9 Å². The maximum atomic E-state index is 12.3. The Hall–Kier alpha value is -2.48. The molecule has 2 aliphatic heterocycles. The summed E-state index contributed by atoms with van der Waals surface area (Å²) in [5.41, 5.74) is 0.759. The standard InChI is InChI=1S/C20H24N2O5S/c1-3-26-16-11-13(5-6-15(16)23)12-17-18(24)21-20(28-17)22-9-7-14(8-10-22)19(25)27-4-2/h5-6,11-12,14,23H,3-4,7-10H2,1-2H3/b17-12-. The topological polar surface area (TPSA) is 88.4 Å². The van der Waals surface area contributed by atoms with Gasteiger partial charge in [-0.3, -0.25) is 9.59 Å². The summed E-state index contributed by atoms with van der Waals surface area (Å²) in [6.45, 7) is 5.82. The van der Waals surface area contributed by atoms with Gasteiger partial charge in [-0.2, -0.15) is 4.99 Å². The molecule has 1 N–H and O–H groups in total. The molecule has 0 aliphatic carbocycles. The Morgan fingerprint density at radius 1 is 1.32 bits per heavy atom. The second-order valence-corrected chi connectivity index (χ2v) is 7.49. The van der Waals surface area contributed by atoms with Crippen molar-refractivity contribution in [1.29, 1.82) is 0 Å². The summed E-state index contributed by atoms with van der Waals surface area (Å²) in [7, 11) is 0. The number of rotatable bonds is 5. The van der Waals surface area contributed by atoms with Gasteiger partial charge in [-0.1, -0.05) is 6.07 Å². The van der Waals surface area contributed by atoms with Crippen LogP contribution in [-0.4, -0.2) is 53.4 Å². The number of phenolic OH excluding ortho intramolecular Hbond substituents is 1. The van der Waals surface area contributed by atoms with Crippen molar-refractivity contribution in [2.75, 3.05) is 26.3 Å². The van der Waals surface area contributed by atoms with Gasteiger partial charge in [0.25, 0.3) is 5.91 Å². The monoisotopic (exact) mass is 404 g/mol. The normalized spacial score (nSPS) is 19.1. The molecule has 0 bridgehead atoms. The zero-order valence-electron chi connectivity index (χ0n) is 16.0. The number of esters is 1. The van der Waals surface area contributed by atoms with Crippen molar-refractivity contribution in [2.24, 2.45) is 10.9 Å². The third-order valence-electron chi connectivity index (χ3n) is 4.58. The number of carbonyl (C=O) groups is 2. The molecule has 0 atom stereocenters. The smallest absolute Gasteiger partial charge is 0.309 e. The van der Waals surface area contributed by atoms with Gasteiger partial charge in [0.15, 0.2) is 16.7 Å². The highest BCUT2D eigenvalue weighted by Gasteiger charge is 2.31. The van der Waals surface area contributed by atoms with E-state index < -0.39 is 0 Å². The number of nitrogens with zero attached hydrogens (tertiary/aromatic N) is 2. The van der Waals surface area contributed by atoms with E-state index in [0.717, 1.165) is 5.56 Å². The summed E-state index contributed by atoms with van der Waals surface area (Å²) in [4.78, 5) is 30.9. The molecule has 2 heterocycles. The van der Waals surface area contributed by atoms with Crippen molar-refractivity contribution in [3.05, 3.63) is 28.7 Å². The Morgan fingerprint density at radius 3 is 2.75 bits per heavy atom. The molecule has 1 amide bonds. The van der Waals surface area contributed by atoms with E-state index in [1.165, 1.54) is 11.8 Å². The minimum atomic E-state index is -0.279. The Morgan fingerprint density at radius 2 is 2.07 bits per heavy atom. The lowest BCUT2D eigenvalue weighted by Gasteiger charge is -2.31. The van der Waals surface area contributed by atoms with Crippen LogP contribution in [0.2, 0.25) is 0 Å². The number of benzene rings is 1. The summed E-state index contributed by atoms with van der Waals surface area (Å²) in [6.07, 6.45) is 3.14. The van der Waals surface area contributed by atoms with Gasteiger partial charge in [0, 0.05) is 13.1 Å². The van der Waals surface area contributed by atoms with Crippen LogP contribution < -0.4 is 4.74 Å². The van der Waals surface area contributed by atoms with E-state index in [4.69, 9.17) is 9.47 Å². The summed E-state index contributed by atoms with van der Waals surface area (Å²) in [5, 5.41) is 10.5. The van der Waals surface area contributed by atoms with Crippen LogP contribution in [0.4, 0.5) is 0 Å². The van der Waals surface area contributed by atoms with Crippen LogP contribution in [0.15, 0.2) is 28.1 Å². The second-order valence-electron chi connectivity index (χ2n) is 6.48. The first-order valence-electron chi connectivity index (χ1n) is 9.41. The van der Waals surface area contributed by atoms with Gasteiger partial charge in [0.2, 0.25) is 0 Å². The lowest BCUT2D eigenvalue weighted by molar-refractivity contribution is -0.149. The van der Waals surface area contributed by atoms with Gasteiger partial charge in [-0.05, 0) is 62.2 Å². The van der Waals surface area contributed by atoms with Crippen LogP contribution in [0.1, 0.15) is 32.3 Å². The molecule has 0 radical (unpaired) electrons. The maximum Gasteiger partial charge on any atom is 0.309 e.